The topological polar surface area (TPSA) is 32.6 Å². The van der Waals surface area contributed by atoms with Crippen LogP contribution in [-0.4, -0.2) is 10.9 Å². The molecular weight excluding hydrogens is 270 g/mol. The van der Waals surface area contributed by atoms with Crippen molar-refractivity contribution >= 4 is 38.6 Å². The van der Waals surface area contributed by atoms with Gasteiger partial charge < -0.3 is 5.21 Å². The van der Waals surface area contributed by atoms with E-state index in [0.717, 1.165) is 20.7 Å². The quantitative estimate of drug-likeness (QED) is 0.299. The summed E-state index contributed by atoms with van der Waals surface area (Å²) in [5.74, 6) is 0. The molecule has 0 spiro atoms. The highest BCUT2D eigenvalue weighted by Gasteiger charge is 2.12. The van der Waals surface area contributed by atoms with Gasteiger partial charge in [0.25, 0.3) is 0 Å². The van der Waals surface area contributed by atoms with E-state index in [2.05, 4.69) is 17.3 Å². The molecule has 0 fully saturated rings. The maximum atomic E-state index is 8.85. The molecule has 0 radical (unpaired) electrons. The summed E-state index contributed by atoms with van der Waals surface area (Å²) in [6, 6.07) is 10.2. The molecule has 17 heavy (non-hydrogen) atoms. The third-order valence-corrected chi connectivity index (χ3v) is 5.68. The van der Waals surface area contributed by atoms with Crippen LogP contribution in [0.2, 0.25) is 0 Å². The molecule has 0 aliphatic carbocycles. The molecule has 1 heterocycles. The van der Waals surface area contributed by atoms with E-state index >= 15 is 0 Å². The smallest absolute Gasteiger partial charge is 0.106 e. The summed E-state index contributed by atoms with van der Waals surface area (Å²) in [5, 5.41) is 12.1. The van der Waals surface area contributed by atoms with Gasteiger partial charge in [-0.15, -0.1) is 0 Å². The van der Waals surface area contributed by atoms with Crippen molar-refractivity contribution in [3.05, 3.63) is 50.2 Å². The van der Waals surface area contributed by atoms with Gasteiger partial charge in [0.15, 0.2) is 0 Å². The molecule has 0 aliphatic rings. The van der Waals surface area contributed by atoms with Gasteiger partial charge in [-0.25, -0.2) is 0 Å². The highest BCUT2D eigenvalue weighted by molar-refractivity contribution is 7.79. The van der Waals surface area contributed by atoms with E-state index in [-0.39, 0.29) is 0 Å². The second-order valence-corrected chi connectivity index (χ2v) is 6.43. The van der Waals surface area contributed by atoms with Crippen molar-refractivity contribution in [3.8, 4) is 0 Å². The maximum absolute atomic E-state index is 8.85. The van der Waals surface area contributed by atoms with Gasteiger partial charge in [0.05, 0.1) is 10.6 Å². The van der Waals surface area contributed by atoms with Crippen LogP contribution in [0.4, 0.5) is 0 Å². The zero-order valence-corrected chi connectivity index (χ0v) is 11.7. The van der Waals surface area contributed by atoms with Gasteiger partial charge in [-0.05, 0) is 12.5 Å². The van der Waals surface area contributed by atoms with E-state index in [4.69, 9.17) is 17.4 Å². The predicted octanol–water partition coefficient (Wildman–Crippen LogP) is 4.33. The van der Waals surface area contributed by atoms with Crippen molar-refractivity contribution in [2.75, 3.05) is 0 Å². The Balaban J connectivity index is 2.39. The fourth-order valence-electron chi connectivity index (χ4n) is 1.55. The molecule has 2 aromatic rings. The Morgan fingerprint density at radius 2 is 2.00 bits per heavy atom. The minimum Gasteiger partial charge on any atom is -0.411 e. The normalized spacial score (nSPS) is 11.7. The second kappa shape index (κ2) is 5.53. The molecule has 5 heteroatoms. The average Bonchev–Trinajstić information content (AvgIpc) is 2.72. The van der Waals surface area contributed by atoms with Crippen molar-refractivity contribution in [1.29, 1.82) is 0 Å². The van der Waals surface area contributed by atoms with Crippen LogP contribution in [0.1, 0.15) is 22.9 Å². The van der Waals surface area contributed by atoms with Crippen molar-refractivity contribution in [2.45, 2.75) is 13.3 Å². The Morgan fingerprint density at radius 1 is 1.29 bits per heavy atom. The zero-order valence-electron chi connectivity index (χ0n) is 9.21. The Morgan fingerprint density at radius 3 is 2.65 bits per heavy atom. The average molecular weight is 281 g/mol. The van der Waals surface area contributed by atoms with Crippen LogP contribution in [0.15, 0.2) is 35.5 Å². The Labute approximate surface area is 112 Å². The van der Waals surface area contributed by atoms with Crippen molar-refractivity contribution in [2.24, 2.45) is 5.16 Å². The highest BCUT2D eigenvalue weighted by Crippen LogP contribution is 2.27. The van der Waals surface area contributed by atoms with Gasteiger partial charge in [-0.2, -0.15) is 0 Å². The van der Waals surface area contributed by atoms with Crippen LogP contribution < -0.4 is 0 Å². The number of hydrogen-bond acceptors (Lipinski definition) is 5. The summed E-state index contributed by atoms with van der Waals surface area (Å²) >= 11 is 5.33. The zero-order chi connectivity index (χ0) is 12.3. The first-order chi connectivity index (χ1) is 8.22. The Kier molecular flexibility index (Phi) is 4.04. The van der Waals surface area contributed by atoms with Gasteiger partial charge in [0, 0.05) is 12.0 Å². The minimum atomic E-state index is 0.633. The largest absolute Gasteiger partial charge is 0.411 e. The van der Waals surface area contributed by atoms with Crippen LogP contribution in [-0.2, 0) is 6.42 Å². The molecule has 0 unspecified atom stereocenters. The molecule has 0 aliphatic heterocycles. The summed E-state index contributed by atoms with van der Waals surface area (Å²) in [6.45, 7) is 1.79. The SMILES string of the molecule is C/C(=N/O)c1ssc(=S)c1Cc1ccccc1. The van der Waals surface area contributed by atoms with Crippen molar-refractivity contribution in [1.82, 2.24) is 0 Å². The standard InChI is InChI=1S/C12H11NOS3/c1-8(13-14)11-10(12(15)17-16-11)7-9-5-3-2-4-6-9/h2-6,14H,7H2,1H3/b13-8-. The van der Waals surface area contributed by atoms with Gasteiger partial charge in [0.1, 0.15) is 3.82 Å². The molecule has 0 saturated heterocycles. The number of rotatable bonds is 3. The number of benzene rings is 1. The van der Waals surface area contributed by atoms with Gasteiger partial charge in [-0.3, -0.25) is 0 Å². The second-order valence-electron chi connectivity index (χ2n) is 3.61. The summed E-state index contributed by atoms with van der Waals surface area (Å²) in [6.07, 6.45) is 0.794. The molecule has 1 aromatic carbocycles. The minimum absolute atomic E-state index is 0.633. The fourth-order valence-corrected chi connectivity index (χ4v) is 4.47. The highest BCUT2D eigenvalue weighted by atomic mass is 32.9. The van der Waals surface area contributed by atoms with E-state index in [1.165, 1.54) is 5.56 Å². The Bertz CT molecular complexity index is 583. The van der Waals surface area contributed by atoms with Crippen LogP contribution in [0.3, 0.4) is 0 Å². The van der Waals surface area contributed by atoms with Crippen LogP contribution in [0.25, 0.3) is 0 Å². The molecule has 0 amide bonds. The third-order valence-electron chi connectivity index (χ3n) is 2.42. The summed E-state index contributed by atoms with van der Waals surface area (Å²) in [4.78, 5) is 0.992. The summed E-state index contributed by atoms with van der Waals surface area (Å²) < 4.78 is 0.886. The first kappa shape index (κ1) is 12.4. The van der Waals surface area contributed by atoms with Crippen molar-refractivity contribution in [3.63, 3.8) is 0 Å². The molecule has 0 saturated carbocycles. The van der Waals surface area contributed by atoms with Crippen LogP contribution in [0.5, 0.6) is 0 Å². The molecule has 2 rings (SSSR count). The van der Waals surface area contributed by atoms with E-state index in [1.54, 1.807) is 27.6 Å². The molecule has 2 nitrogen and oxygen atoms in total. The lowest BCUT2D eigenvalue weighted by molar-refractivity contribution is 0.319. The van der Waals surface area contributed by atoms with Crippen LogP contribution >= 0.6 is 32.9 Å². The maximum Gasteiger partial charge on any atom is 0.106 e. The predicted molar refractivity (Wildman–Crippen MR) is 76.3 cm³/mol. The molecule has 88 valence electrons. The first-order valence-electron chi connectivity index (χ1n) is 5.07. The fraction of sp³-hybridized carbons (Fsp3) is 0.167. The van der Waals surface area contributed by atoms with E-state index in [1.807, 2.05) is 18.2 Å². The van der Waals surface area contributed by atoms with Crippen LogP contribution in [0, 0.1) is 3.82 Å². The summed E-state index contributed by atoms with van der Waals surface area (Å²) in [7, 11) is 3.13. The summed E-state index contributed by atoms with van der Waals surface area (Å²) in [5.41, 5.74) is 2.95. The lowest BCUT2D eigenvalue weighted by Gasteiger charge is -2.02. The van der Waals surface area contributed by atoms with Gasteiger partial charge in [-0.1, -0.05) is 68.4 Å². The monoisotopic (exact) mass is 281 g/mol. The number of oxime groups is 1. The first-order valence-corrected chi connectivity index (χ1v) is 7.63. The Hall–Kier alpha value is -1.04. The van der Waals surface area contributed by atoms with E-state index < -0.39 is 0 Å². The van der Waals surface area contributed by atoms with E-state index in [9.17, 15) is 0 Å². The third kappa shape index (κ3) is 2.80. The number of hydrogen-bond donors (Lipinski definition) is 1. The molecule has 1 aromatic heterocycles. The van der Waals surface area contributed by atoms with Gasteiger partial charge in [0.2, 0.25) is 0 Å². The van der Waals surface area contributed by atoms with Gasteiger partial charge >= 0.3 is 0 Å². The van der Waals surface area contributed by atoms with E-state index in [0.29, 0.717) is 5.71 Å². The molecule has 0 atom stereocenters. The van der Waals surface area contributed by atoms with Crippen molar-refractivity contribution < 1.29 is 5.21 Å². The lowest BCUT2D eigenvalue weighted by atomic mass is 10.1. The number of nitrogens with zero attached hydrogens (tertiary/aromatic N) is 1. The lowest BCUT2D eigenvalue weighted by Crippen LogP contribution is -1.97. The molecule has 1 N–H and O–H groups in total. The molecular formula is C12H11NOS3. The molecule has 0 bridgehead atoms.